The maximum atomic E-state index is 3.78. The summed E-state index contributed by atoms with van der Waals surface area (Å²) in [5, 5.41) is 3.78. The minimum Gasteiger partial charge on any atom is -0.307 e. The van der Waals surface area contributed by atoms with Gasteiger partial charge >= 0.3 is 0 Å². The van der Waals surface area contributed by atoms with Gasteiger partial charge in [-0.25, -0.2) is 0 Å². The van der Waals surface area contributed by atoms with E-state index in [1.165, 1.54) is 29.5 Å². The van der Waals surface area contributed by atoms with Gasteiger partial charge in [0.25, 0.3) is 0 Å². The molecule has 0 aliphatic heterocycles. The predicted octanol–water partition coefficient (Wildman–Crippen LogP) is 4.66. The highest BCUT2D eigenvalue weighted by atomic mass is 79.9. The molecule has 20 heavy (non-hydrogen) atoms. The van der Waals surface area contributed by atoms with E-state index in [1.54, 1.807) is 0 Å². The number of halogens is 1. The zero-order valence-corrected chi connectivity index (χ0v) is 13.4. The number of benzene rings is 2. The lowest BCUT2D eigenvalue weighted by Gasteiger charge is -2.28. The maximum Gasteiger partial charge on any atom is 0.0294 e. The number of hydrogen-bond donors (Lipinski definition) is 1. The average molecular weight is 330 g/mol. The van der Waals surface area contributed by atoms with Gasteiger partial charge in [0.15, 0.2) is 0 Å². The van der Waals surface area contributed by atoms with Gasteiger partial charge < -0.3 is 5.32 Å². The number of fused-ring (bicyclic) bond motifs is 1. The van der Waals surface area contributed by atoms with Crippen LogP contribution in [0.3, 0.4) is 0 Å². The van der Waals surface area contributed by atoms with Crippen LogP contribution in [0.1, 0.15) is 36.1 Å². The molecule has 2 heteroatoms. The van der Waals surface area contributed by atoms with Crippen molar-refractivity contribution in [3.63, 3.8) is 0 Å². The molecule has 2 atom stereocenters. The summed E-state index contributed by atoms with van der Waals surface area (Å²) >= 11 is 3.55. The Balaban J connectivity index is 1.67. The van der Waals surface area contributed by atoms with Crippen LogP contribution in [0.5, 0.6) is 0 Å². The van der Waals surface area contributed by atoms with Crippen molar-refractivity contribution in [3.05, 3.63) is 69.7 Å². The fourth-order valence-electron chi connectivity index (χ4n) is 3.07. The van der Waals surface area contributed by atoms with Crippen molar-refractivity contribution in [3.8, 4) is 0 Å². The monoisotopic (exact) mass is 329 g/mol. The zero-order valence-electron chi connectivity index (χ0n) is 11.8. The third kappa shape index (κ3) is 3.13. The maximum absolute atomic E-state index is 3.78. The van der Waals surface area contributed by atoms with Gasteiger partial charge in [0.2, 0.25) is 0 Å². The molecule has 0 amide bonds. The molecular formula is C18H20BrN. The van der Waals surface area contributed by atoms with Crippen LogP contribution in [0.15, 0.2) is 53.0 Å². The normalized spacial score (nSPS) is 19.4. The molecule has 0 heterocycles. The molecule has 1 N–H and O–H groups in total. The van der Waals surface area contributed by atoms with Crippen LogP contribution in [0, 0.1) is 0 Å². The molecule has 0 fully saturated rings. The first-order valence-corrected chi connectivity index (χ1v) is 8.10. The topological polar surface area (TPSA) is 12.0 Å². The molecule has 0 saturated carbocycles. The first kappa shape index (κ1) is 13.8. The number of hydrogen-bond acceptors (Lipinski definition) is 1. The van der Waals surface area contributed by atoms with Crippen molar-refractivity contribution in [1.82, 2.24) is 5.32 Å². The van der Waals surface area contributed by atoms with Crippen LogP contribution >= 0.6 is 15.9 Å². The number of aryl methyl sites for hydroxylation is 1. The highest BCUT2D eigenvalue weighted by Gasteiger charge is 2.19. The molecule has 104 valence electrons. The van der Waals surface area contributed by atoms with E-state index in [0.29, 0.717) is 12.1 Å². The standard InChI is InChI=1S/C18H20BrN/c1-13(15-7-4-8-17(19)11-15)20-18-10-9-14-5-2-3-6-16(14)12-18/h2-8,11,13,18,20H,9-10,12H2,1H3/t13-,18?/m0/s1. The van der Waals surface area contributed by atoms with Crippen LogP contribution in [0.25, 0.3) is 0 Å². The Morgan fingerprint density at radius 2 is 1.90 bits per heavy atom. The zero-order chi connectivity index (χ0) is 13.9. The molecular weight excluding hydrogens is 310 g/mol. The van der Waals surface area contributed by atoms with Gasteiger partial charge in [0.1, 0.15) is 0 Å². The Labute approximate surface area is 129 Å². The Morgan fingerprint density at radius 3 is 2.70 bits per heavy atom. The Kier molecular flexibility index (Phi) is 4.23. The van der Waals surface area contributed by atoms with Gasteiger partial charge in [-0.3, -0.25) is 0 Å². The second-order valence-electron chi connectivity index (χ2n) is 5.65. The SMILES string of the molecule is C[C@H](NC1CCc2ccccc2C1)c1cccc(Br)c1. The van der Waals surface area contributed by atoms with Crippen LogP contribution in [0.4, 0.5) is 0 Å². The Hall–Kier alpha value is -1.12. The first-order valence-electron chi connectivity index (χ1n) is 7.30. The predicted molar refractivity (Wildman–Crippen MR) is 87.9 cm³/mol. The highest BCUT2D eigenvalue weighted by Crippen LogP contribution is 2.24. The van der Waals surface area contributed by atoms with Crippen LogP contribution in [0.2, 0.25) is 0 Å². The van der Waals surface area contributed by atoms with E-state index in [9.17, 15) is 0 Å². The summed E-state index contributed by atoms with van der Waals surface area (Å²) in [5.74, 6) is 0. The van der Waals surface area contributed by atoms with Crippen molar-refractivity contribution in [2.45, 2.75) is 38.3 Å². The summed E-state index contributed by atoms with van der Waals surface area (Å²) < 4.78 is 1.15. The molecule has 1 aliphatic carbocycles. The van der Waals surface area contributed by atoms with Gasteiger partial charge in [-0.2, -0.15) is 0 Å². The van der Waals surface area contributed by atoms with E-state index in [1.807, 2.05) is 0 Å². The van der Waals surface area contributed by atoms with E-state index in [0.717, 1.165) is 10.9 Å². The first-order chi connectivity index (χ1) is 9.72. The van der Waals surface area contributed by atoms with Crippen molar-refractivity contribution in [2.75, 3.05) is 0 Å². The fourth-order valence-corrected chi connectivity index (χ4v) is 3.48. The summed E-state index contributed by atoms with van der Waals surface area (Å²) in [4.78, 5) is 0. The number of rotatable bonds is 3. The largest absolute Gasteiger partial charge is 0.307 e. The molecule has 3 rings (SSSR count). The molecule has 1 aliphatic rings. The Morgan fingerprint density at radius 1 is 1.10 bits per heavy atom. The third-order valence-electron chi connectivity index (χ3n) is 4.18. The fraction of sp³-hybridized carbons (Fsp3) is 0.333. The minimum absolute atomic E-state index is 0.391. The molecule has 0 saturated heterocycles. The Bertz CT molecular complexity index is 593. The molecule has 2 aromatic carbocycles. The number of nitrogens with one attached hydrogen (secondary N) is 1. The molecule has 2 aromatic rings. The van der Waals surface area contributed by atoms with E-state index in [2.05, 4.69) is 76.7 Å². The molecule has 0 aromatic heterocycles. The van der Waals surface area contributed by atoms with Crippen LogP contribution in [-0.2, 0) is 12.8 Å². The van der Waals surface area contributed by atoms with Crippen LogP contribution < -0.4 is 5.32 Å². The van der Waals surface area contributed by atoms with Crippen molar-refractivity contribution in [2.24, 2.45) is 0 Å². The summed E-state index contributed by atoms with van der Waals surface area (Å²) in [6, 6.07) is 18.4. The van der Waals surface area contributed by atoms with Gasteiger partial charge in [-0.1, -0.05) is 52.3 Å². The molecule has 0 spiro atoms. The second-order valence-corrected chi connectivity index (χ2v) is 6.57. The minimum atomic E-state index is 0.391. The quantitative estimate of drug-likeness (QED) is 0.863. The average Bonchev–Trinajstić information content (AvgIpc) is 2.47. The molecule has 1 unspecified atom stereocenters. The lowest BCUT2D eigenvalue weighted by Crippen LogP contribution is -2.36. The smallest absolute Gasteiger partial charge is 0.0294 e. The summed E-state index contributed by atoms with van der Waals surface area (Å²) in [6.45, 7) is 2.25. The van der Waals surface area contributed by atoms with E-state index in [4.69, 9.17) is 0 Å². The van der Waals surface area contributed by atoms with E-state index < -0.39 is 0 Å². The summed E-state index contributed by atoms with van der Waals surface area (Å²) in [5.41, 5.74) is 4.39. The van der Waals surface area contributed by atoms with Crippen molar-refractivity contribution in [1.29, 1.82) is 0 Å². The molecule has 1 nitrogen and oxygen atoms in total. The lowest BCUT2D eigenvalue weighted by atomic mass is 9.88. The van der Waals surface area contributed by atoms with Gasteiger partial charge in [-0.15, -0.1) is 0 Å². The molecule has 0 bridgehead atoms. The second kappa shape index (κ2) is 6.11. The highest BCUT2D eigenvalue weighted by molar-refractivity contribution is 9.10. The lowest BCUT2D eigenvalue weighted by molar-refractivity contribution is 0.413. The van der Waals surface area contributed by atoms with E-state index >= 15 is 0 Å². The summed E-state index contributed by atoms with van der Waals surface area (Å²) in [7, 11) is 0. The molecule has 0 radical (unpaired) electrons. The van der Waals surface area contributed by atoms with Crippen molar-refractivity contribution >= 4 is 15.9 Å². The van der Waals surface area contributed by atoms with Gasteiger partial charge in [-0.05, 0) is 55.0 Å². The van der Waals surface area contributed by atoms with Gasteiger partial charge in [0.05, 0.1) is 0 Å². The summed E-state index contributed by atoms with van der Waals surface area (Å²) in [6.07, 6.45) is 3.57. The van der Waals surface area contributed by atoms with Crippen LogP contribution in [-0.4, -0.2) is 6.04 Å². The third-order valence-corrected chi connectivity index (χ3v) is 4.67. The van der Waals surface area contributed by atoms with Gasteiger partial charge in [0, 0.05) is 16.6 Å². The van der Waals surface area contributed by atoms with E-state index in [-0.39, 0.29) is 0 Å². The van der Waals surface area contributed by atoms with Crippen molar-refractivity contribution < 1.29 is 0 Å².